The number of rotatable bonds is 5. The Morgan fingerprint density at radius 3 is 2.75 bits per heavy atom. The van der Waals surface area contributed by atoms with Gasteiger partial charge in [0.05, 0.1) is 22.3 Å². The maximum Gasteiger partial charge on any atom is 0.294 e. The molecule has 12 nitrogen and oxygen atoms in total. The van der Waals surface area contributed by atoms with Gasteiger partial charge >= 0.3 is 0 Å². The lowest BCUT2D eigenvalue weighted by Gasteiger charge is -2.35. The smallest absolute Gasteiger partial charge is 0.294 e. The van der Waals surface area contributed by atoms with Gasteiger partial charge in [-0.25, -0.2) is 23.2 Å². The van der Waals surface area contributed by atoms with Gasteiger partial charge in [0.1, 0.15) is 6.33 Å². The van der Waals surface area contributed by atoms with Gasteiger partial charge in [-0.15, -0.1) is 5.10 Å². The molecule has 2 atom stereocenters. The molecule has 0 bridgehead atoms. The molecule has 6 N–H and O–H groups in total. The van der Waals surface area contributed by atoms with Crippen molar-refractivity contribution in [2.24, 2.45) is 15.9 Å². The van der Waals surface area contributed by atoms with Crippen LogP contribution >= 0.6 is 11.6 Å². The van der Waals surface area contributed by atoms with Crippen LogP contribution in [-0.2, 0) is 10.0 Å². The van der Waals surface area contributed by atoms with Crippen LogP contribution in [0, 0.1) is 0 Å². The molecule has 1 aromatic carbocycles. The van der Waals surface area contributed by atoms with Gasteiger partial charge in [-0.1, -0.05) is 11.6 Å². The maximum absolute atomic E-state index is 13.2. The Labute approximate surface area is 212 Å². The lowest BCUT2D eigenvalue weighted by molar-refractivity contribution is 0.0694. The quantitative estimate of drug-likeness (QED) is 0.399. The number of aliphatic imine (C=N–C) groups is 1. The second kappa shape index (κ2) is 9.85. The van der Waals surface area contributed by atoms with Crippen LogP contribution in [0.15, 0.2) is 64.0 Å². The molecule has 0 saturated heterocycles. The van der Waals surface area contributed by atoms with Gasteiger partial charge in [-0.3, -0.25) is 9.79 Å². The number of hydrogen-bond acceptors (Lipinski definition) is 9. The number of dihydropyridines is 1. The summed E-state index contributed by atoms with van der Waals surface area (Å²) in [4.78, 5) is 23.1. The number of aliphatic hydroxyl groups is 1. The van der Waals surface area contributed by atoms with Crippen molar-refractivity contribution in [3.63, 3.8) is 0 Å². The van der Waals surface area contributed by atoms with Crippen LogP contribution in [0.25, 0.3) is 5.70 Å². The topological polar surface area (TPSA) is 182 Å². The predicted octanol–water partition coefficient (Wildman–Crippen LogP) is 0.421. The highest BCUT2D eigenvalue weighted by atomic mass is 35.5. The van der Waals surface area contributed by atoms with Crippen molar-refractivity contribution in [3.8, 4) is 0 Å². The first-order valence-corrected chi connectivity index (χ1v) is 12.8. The predicted molar refractivity (Wildman–Crippen MR) is 134 cm³/mol. The number of hydrogen-bond donors (Lipinski definition) is 4. The standard InChI is InChI=1S/C22H25ClN8O4S/c1-12-18(24)16(19(26-2)13-8-14(23)10-15(9-13)36(25,34)35)5-7-30(12)22(33)20-28-11-31(29-20)17-4-3-6-27-21(17)32/h3-4,6,8-12,21,27,32H,5,7,24H2,1-2H3,(H2,25,34,35)/t12-,21?/m1/s1. The molecule has 2 aromatic rings. The van der Waals surface area contributed by atoms with Crippen molar-refractivity contribution in [1.29, 1.82) is 0 Å². The molecule has 1 aromatic heterocycles. The van der Waals surface area contributed by atoms with Crippen LogP contribution in [0.5, 0.6) is 0 Å². The third-order valence-corrected chi connectivity index (χ3v) is 7.07. The lowest BCUT2D eigenvalue weighted by atomic mass is 9.92. The third kappa shape index (κ3) is 4.91. The summed E-state index contributed by atoms with van der Waals surface area (Å²) < 4.78 is 25.1. The number of amides is 1. The van der Waals surface area contributed by atoms with Gasteiger partial charge < -0.3 is 21.1 Å². The number of halogens is 1. The minimum Gasteiger partial charge on any atom is -0.400 e. The van der Waals surface area contributed by atoms with Crippen molar-refractivity contribution in [3.05, 3.63) is 70.6 Å². The summed E-state index contributed by atoms with van der Waals surface area (Å²) in [5, 5.41) is 22.5. The van der Waals surface area contributed by atoms with Gasteiger partial charge in [-0.2, -0.15) is 0 Å². The summed E-state index contributed by atoms with van der Waals surface area (Å²) in [6.45, 7) is 2.06. The normalized spacial score (nSPS) is 20.9. The summed E-state index contributed by atoms with van der Waals surface area (Å²) in [7, 11) is -2.43. The molecule has 190 valence electrons. The number of nitrogens with zero attached hydrogens (tertiary/aromatic N) is 5. The van der Waals surface area contributed by atoms with E-state index in [1.165, 1.54) is 23.1 Å². The number of carbonyl (C=O) groups is 1. The molecule has 1 amide bonds. The van der Waals surface area contributed by atoms with Crippen LogP contribution in [-0.4, -0.2) is 70.7 Å². The average Bonchev–Trinajstić information content (AvgIpc) is 3.31. The molecule has 14 heteroatoms. The van der Waals surface area contributed by atoms with Crippen molar-refractivity contribution < 1.29 is 18.3 Å². The molecule has 2 aliphatic heterocycles. The Hall–Kier alpha value is -3.52. The zero-order valence-corrected chi connectivity index (χ0v) is 21.0. The van der Waals surface area contributed by atoms with E-state index in [2.05, 4.69) is 20.4 Å². The molecule has 0 radical (unpaired) electrons. The number of sulfonamides is 1. The number of allylic oxidation sites excluding steroid dienone is 2. The number of aromatic nitrogens is 3. The fourth-order valence-corrected chi connectivity index (χ4v) is 4.99. The van der Waals surface area contributed by atoms with Crippen molar-refractivity contribution >= 4 is 38.9 Å². The first kappa shape index (κ1) is 25.6. The van der Waals surface area contributed by atoms with Gasteiger partial charge in [-0.05, 0) is 49.9 Å². The second-order valence-corrected chi connectivity index (χ2v) is 10.2. The lowest BCUT2D eigenvalue weighted by Crippen LogP contribution is -2.47. The van der Waals surface area contributed by atoms with E-state index in [-0.39, 0.29) is 15.7 Å². The molecule has 3 heterocycles. The number of aliphatic hydroxyl groups excluding tert-OH is 1. The zero-order chi connectivity index (χ0) is 26.2. The van der Waals surface area contributed by atoms with Gasteiger partial charge in [0.2, 0.25) is 15.8 Å². The number of carbonyl (C=O) groups excluding carboxylic acids is 1. The molecular weight excluding hydrogens is 508 g/mol. The Morgan fingerprint density at radius 1 is 1.33 bits per heavy atom. The zero-order valence-electron chi connectivity index (χ0n) is 19.5. The van der Waals surface area contributed by atoms with E-state index in [1.54, 1.807) is 43.3 Å². The molecule has 0 saturated carbocycles. The van der Waals surface area contributed by atoms with Crippen LogP contribution < -0.4 is 16.2 Å². The van der Waals surface area contributed by atoms with Crippen LogP contribution in [0.1, 0.15) is 29.5 Å². The van der Waals surface area contributed by atoms with E-state index in [0.29, 0.717) is 41.2 Å². The van der Waals surface area contributed by atoms with Crippen LogP contribution in [0.2, 0.25) is 5.02 Å². The van der Waals surface area contributed by atoms with E-state index in [4.69, 9.17) is 22.5 Å². The Bertz CT molecular complexity index is 1440. The largest absolute Gasteiger partial charge is 0.400 e. The molecule has 4 rings (SSSR count). The number of benzene rings is 1. The summed E-state index contributed by atoms with van der Waals surface area (Å²) in [5.41, 5.74) is 8.86. The number of nitrogens with one attached hydrogen (secondary N) is 1. The number of primary sulfonamides is 1. The van der Waals surface area contributed by atoms with E-state index < -0.39 is 28.2 Å². The molecule has 1 unspecified atom stereocenters. The first-order valence-electron chi connectivity index (χ1n) is 10.8. The monoisotopic (exact) mass is 532 g/mol. The summed E-state index contributed by atoms with van der Waals surface area (Å²) in [5.74, 6) is -0.468. The van der Waals surface area contributed by atoms with E-state index in [0.717, 1.165) is 0 Å². The molecule has 0 aliphatic carbocycles. The van der Waals surface area contributed by atoms with Gasteiger partial charge in [0.25, 0.3) is 5.91 Å². The third-order valence-electron chi connectivity index (χ3n) is 5.96. The average molecular weight is 533 g/mol. The highest BCUT2D eigenvalue weighted by molar-refractivity contribution is 7.89. The first-order chi connectivity index (χ1) is 17.0. The Morgan fingerprint density at radius 2 is 2.08 bits per heavy atom. The fourth-order valence-electron chi connectivity index (χ4n) is 4.11. The Balaban J connectivity index is 1.61. The molecule has 0 fully saturated rings. The van der Waals surface area contributed by atoms with Gasteiger partial charge in [0, 0.05) is 35.4 Å². The minimum absolute atomic E-state index is 0.0437. The molecule has 36 heavy (non-hydrogen) atoms. The molecular formula is C22H25ClN8O4S. The summed E-state index contributed by atoms with van der Waals surface area (Å²) in [6, 6.07) is 3.71. The van der Waals surface area contributed by atoms with Crippen LogP contribution in [0.4, 0.5) is 0 Å². The SMILES string of the molecule is CN=C(C1=C(N)[C@@H](C)N(C(=O)c2ncn(C3=CC=CNC3O)n2)CC1)c1cc(Cl)cc(S(N)(=O)=O)c1. The van der Waals surface area contributed by atoms with E-state index in [1.807, 2.05) is 0 Å². The van der Waals surface area contributed by atoms with Crippen LogP contribution in [0.3, 0.4) is 0 Å². The van der Waals surface area contributed by atoms with E-state index in [9.17, 15) is 18.3 Å². The molecule has 0 spiro atoms. The fraction of sp³-hybridized carbons (Fsp3) is 0.273. The van der Waals surface area contributed by atoms with Gasteiger partial charge in [0.15, 0.2) is 6.23 Å². The second-order valence-electron chi connectivity index (χ2n) is 8.18. The Kier molecular flexibility index (Phi) is 7.00. The van der Waals surface area contributed by atoms with Crippen molar-refractivity contribution in [2.75, 3.05) is 13.6 Å². The van der Waals surface area contributed by atoms with Crippen molar-refractivity contribution in [2.45, 2.75) is 30.5 Å². The minimum atomic E-state index is -3.99. The summed E-state index contributed by atoms with van der Waals surface area (Å²) >= 11 is 6.14. The summed E-state index contributed by atoms with van der Waals surface area (Å²) in [6.07, 6.45) is 5.67. The molecule has 2 aliphatic rings. The highest BCUT2D eigenvalue weighted by Gasteiger charge is 2.33. The highest BCUT2D eigenvalue weighted by Crippen LogP contribution is 2.28. The van der Waals surface area contributed by atoms with Crippen molar-refractivity contribution in [1.82, 2.24) is 25.0 Å². The maximum atomic E-state index is 13.2. The number of nitrogens with two attached hydrogens (primary N) is 2. The van der Waals surface area contributed by atoms with E-state index >= 15 is 0 Å².